The average molecular weight is 807 g/mol. The first-order valence-electron chi connectivity index (χ1n) is 19.0. The Bertz CT molecular complexity index is 1080. The van der Waals surface area contributed by atoms with Gasteiger partial charge in [-0.05, 0) is 134 Å². The van der Waals surface area contributed by atoms with Gasteiger partial charge in [0.2, 0.25) is 11.8 Å². The molecule has 0 saturated carbocycles. The topological polar surface area (TPSA) is 187 Å². The van der Waals surface area contributed by atoms with Crippen LogP contribution < -0.4 is 21.3 Å². The summed E-state index contributed by atoms with van der Waals surface area (Å²) in [7, 11) is 3.35. The maximum atomic E-state index is 12.7. The van der Waals surface area contributed by atoms with Gasteiger partial charge in [-0.2, -0.15) is 0 Å². The van der Waals surface area contributed by atoms with Crippen molar-refractivity contribution in [3.8, 4) is 0 Å². The van der Waals surface area contributed by atoms with E-state index < -0.39 is 58.6 Å². The molecule has 0 aliphatic rings. The second kappa shape index (κ2) is 25.3. The minimum atomic E-state index is -0.849. The van der Waals surface area contributed by atoms with Crippen molar-refractivity contribution in [2.24, 2.45) is 0 Å². The number of rotatable bonds is 23. The van der Waals surface area contributed by atoms with Gasteiger partial charge in [-0.25, -0.2) is 19.2 Å². The fourth-order valence-corrected chi connectivity index (χ4v) is 6.60. The van der Waals surface area contributed by atoms with Gasteiger partial charge in [-0.3, -0.25) is 9.59 Å². The van der Waals surface area contributed by atoms with Gasteiger partial charge in [0.25, 0.3) is 0 Å². The third kappa shape index (κ3) is 31.5. The molecule has 0 aliphatic carbocycles. The molecule has 2 atom stereocenters. The van der Waals surface area contributed by atoms with Crippen molar-refractivity contribution in [3.05, 3.63) is 0 Å². The summed E-state index contributed by atoms with van der Waals surface area (Å²) in [6.45, 7) is 22.0. The van der Waals surface area contributed by atoms with Crippen molar-refractivity contribution in [2.75, 3.05) is 24.6 Å². The number of hydrogen-bond donors (Lipinski definition) is 4. The molecular weight excluding hydrogens is 737 g/mol. The highest BCUT2D eigenvalue weighted by Gasteiger charge is 2.30. The summed E-state index contributed by atoms with van der Waals surface area (Å²) in [6.07, 6.45) is 4.09. The van der Waals surface area contributed by atoms with Crippen molar-refractivity contribution in [1.82, 2.24) is 21.3 Å². The van der Waals surface area contributed by atoms with Crippen LogP contribution in [0.15, 0.2) is 0 Å². The second-order valence-electron chi connectivity index (χ2n) is 17.0. The van der Waals surface area contributed by atoms with Gasteiger partial charge < -0.3 is 40.2 Å². The molecule has 0 bridgehead atoms. The third-order valence-corrected chi connectivity index (χ3v) is 9.17. The zero-order chi connectivity index (χ0) is 41.6. The van der Waals surface area contributed by atoms with Crippen molar-refractivity contribution in [1.29, 1.82) is 0 Å². The molecule has 314 valence electrons. The molecule has 0 heterocycles. The van der Waals surface area contributed by atoms with Crippen LogP contribution in [-0.2, 0) is 38.1 Å². The molecule has 54 heavy (non-hydrogen) atoms. The van der Waals surface area contributed by atoms with Crippen molar-refractivity contribution in [3.63, 3.8) is 0 Å². The summed E-state index contributed by atoms with van der Waals surface area (Å²) < 4.78 is 21.5. The summed E-state index contributed by atoms with van der Waals surface area (Å²) in [6, 6.07) is -1.70. The lowest BCUT2D eigenvalue weighted by molar-refractivity contribution is -0.158. The molecular formula is C38H70N4O10S2. The summed E-state index contributed by atoms with van der Waals surface area (Å²) in [5.74, 6) is 0.502. The number of ether oxygens (including phenoxy) is 4. The van der Waals surface area contributed by atoms with Crippen molar-refractivity contribution < 1.29 is 47.7 Å². The lowest BCUT2D eigenvalue weighted by Crippen LogP contribution is -2.46. The highest BCUT2D eigenvalue weighted by Crippen LogP contribution is 2.24. The first kappa shape index (κ1) is 51.1. The van der Waals surface area contributed by atoms with Gasteiger partial charge in [-0.1, -0.05) is 21.6 Å². The lowest BCUT2D eigenvalue weighted by Gasteiger charge is -2.26. The van der Waals surface area contributed by atoms with Gasteiger partial charge >= 0.3 is 24.1 Å². The molecule has 4 amide bonds. The van der Waals surface area contributed by atoms with Gasteiger partial charge in [0.15, 0.2) is 0 Å². The first-order chi connectivity index (χ1) is 24.8. The van der Waals surface area contributed by atoms with Crippen LogP contribution in [0.4, 0.5) is 9.59 Å². The Morgan fingerprint density at radius 3 is 1.07 bits per heavy atom. The Balaban J connectivity index is 4.17. The number of nitrogens with one attached hydrogen (secondary N) is 4. The van der Waals surface area contributed by atoms with E-state index in [2.05, 4.69) is 21.3 Å². The quantitative estimate of drug-likeness (QED) is 0.0360. The number of carbonyl (C=O) groups excluding carboxylic acids is 6. The largest absolute Gasteiger partial charge is 0.458 e. The van der Waals surface area contributed by atoms with Gasteiger partial charge in [0, 0.05) is 37.4 Å². The summed E-state index contributed by atoms with van der Waals surface area (Å²) in [5.41, 5.74) is -2.79. The van der Waals surface area contributed by atoms with E-state index in [-0.39, 0.29) is 11.8 Å². The minimum absolute atomic E-state index is 0.0347. The summed E-state index contributed by atoms with van der Waals surface area (Å²) in [5, 5.41) is 11.0. The Labute approximate surface area is 332 Å². The van der Waals surface area contributed by atoms with Crippen LogP contribution in [0.5, 0.6) is 0 Å². The van der Waals surface area contributed by atoms with Crippen LogP contribution in [0, 0.1) is 0 Å². The molecule has 0 unspecified atom stereocenters. The number of unbranched alkanes of at least 4 members (excludes halogenated alkanes) is 2. The molecule has 14 nitrogen and oxygen atoms in total. The average Bonchev–Trinajstić information content (AvgIpc) is 2.97. The normalized spacial score (nSPS) is 13.2. The van der Waals surface area contributed by atoms with E-state index in [4.69, 9.17) is 18.9 Å². The summed E-state index contributed by atoms with van der Waals surface area (Å²) in [4.78, 5) is 74.3. The molecule has 0 aromatic carbocycles. The van der Waals surface area contributed by atoms with Gasteiger partial charge in [0.1, 0.15) is 34.5 Å². The highest BCUT2D eigenvalue weighted by atomic mass is 33.1. The predicted octanol–water partition coefficient (Wildman–Crippen LogP) is 6.97. The molecule has 0 spiro atoms. The van der Waals surface area contributed by atoms with E-state index >= 15 is 0 Å². The number of hydrogen-bond acceptors (Lipinski definition) is 12. The zero-order valence-corrected chi connectivity index (χ0v) is 36.6. The van der Waals surface area contributed by atoms with Crippen LogP contribution in [-0.4, -0.2) is 95.0 Å². The van der Waals surface area contributed by atoms with Crippen LogP contribution in [0.25, 0.3) is 0 Å². The molecule has 4 N–H and O–H groups in total. The monoisotopic (exact) mass is 806 g/mol. The van der Waals surface area contributed by atoms with Crippen molar-refractivity contribution >= 4 is 57.5 Å². The highest BCUT2D eigenvalue weighted by molar-refractivity contribution is 8.76. The minimum Gasteiger partial charge on any atom is -0.458 e. The van der Waals surface area contributed by atoms with E-state index in [1.165, 1.54) is 0 Å². The van der Waals surface area contributed by atoms with E-state index in [1.807, 2.05) is 0 Å². The third-order valence-electron chi connectivity index (χ3n) is 6.59. The maximum absolute atomic E-state index is 12.7. The lowest BCUT2D eigenvalue weighted by atomic mass is 10.1. The van der Waals surface area contributed by atoms with E-state index in [0.717, 1.165) is 24.3 Å². The molecule has 0 aromatic rings. The molecule has 0 aliphatic heterocycles. The van der Waals surface area contributed by atoms with E-state index in [9.17, 15) is 28.8 Å². The summed E-state index contributed by atoms with van der Waals surface area (Å²) >= 11 is 0. The molecule has 0 radical (unpaired) electrons. The Morgan fingerprint density at radius 2 is 0.778 bits per heavy atom. The molecule has 16 heteroatoms. The molecule has 0 rings (SSSR count). The fraction of sp³-hybridized carbons (Fsp3) is 0.842. The van der Waals surface area contributed by atoms with Crippen LogP contribution >= 0.6 is 21.6 Å². The Kier molecular flexibility index (Phi) is 24.0. The molecule has 0 aromatic heterocycles. The number of amides is 4. The van der Waals surface area contributed by atoms with Crippen LogP contribution in [0.1, 0.15) is 147 Å². The number of esters is 2. The van der Waals surface area contributed by atoms with Crippen molar-refractivity contribution in [2.45, 2.75) is 182 Å². The molecule has 0 fully saturated rings. The standard InChI is InChI=1S/C38H70N4O10S2/c1-35(2,3)49-31(45)27(41-33(47)51-37(7,8)9)19-13-15-23-39-29(43)21-17-25-53-54-26-18-22-30(44)40-24-16-14-20-28(32(46)50-36(4,5)6)42-34(48)52-38(10,11)12/h27-28H,13-26H2,1-12H3,(H,39,43)(H,40,44)(H,41,47)(H,42,48)/t27-,28-/m0/s1. The van der Waals surface area contributed by atoms with Crippen LogP contribution in [0.3, 0.4) is 0 Å². The number of carbonyl (C=O) groups is 6. The first-order valence-corrected chi connectivity index (χ1v) is 21.5. The Hall–Kier alpha value is -2.88. The number of alkyl carbamates (subject to hydrolysis) is 2. The van der Waals surface area contributed by atoms with Crippen LogP contribution in [0.2, 0.25) is 0 Å². The van der Waals surface area contributed by atoms with E-state index in [1.54, 1.807) is 105 Å². The zero-order valence-electron chi connectivity index (χ0n) is 35.0. The predicted molar refractivity (Wildman–Crippen MR) is 215 cm³/mol. The SMILES string of the molecule is CC(C)(C)OC(=O)N[C@@H](CCCCNC(=O)CCCSSCCCC(=O)NCCCC[C@H](NC(=O)OC(C)(C)C)C(=O)OC(C)(C)C)C(=O)OC(C)(C)C. The Morgan fingerprint density at radius 1 is 0.463 bits per heavy atom. The smallest absolute Gasteiger partial charge is 0.408 e. The maximum Gasteiger partial charge on any atom is 0.408 e. The fourth-order valence-electron chi connectivity index (χ4n) is 4.42. The molecule has 0 saturated heterocycles. The van der Waals surface area contributed by atoms with Gasteiger partial charge in [0.05, 0.1) is 0 Å². The van der Waals surface area contributed by atoms with E-state index in [0.29, 0.717) is 64.5 Å². The second-order valence-corrected chi connectivity index (χ2v) is 19.7. The van der Waals surface area contributed by atoms with Gasteiger partial charge in [-0.15, -0.1) is 0 Å².